The first-order valence-corrected chi connectivity index (χ1v) is 12.0. The molecule has 2 spiro atoms. The van der Waals surface area contributed by atoms with Gasteiger partial charge in [0.2, 0.25) is 0 Å². The Kier molecular flexibility index (Phi) is 4.85. The van der Waals surface area contributed by atoms with Crippen LogP contribution in [0.1, 0.15) is 84.6 Å². The van der Waals surface area contributed by atoms with Gasteiger partial charge in [-0.3, -0.25) is 24.2 Å². The zero-order valence-electron chi connectivity index (χ0n) is 19.6. The van der Waals surface area contributed by atoms with Gasteiger partial charge in [0.05, 0.1) is 11.1 Å². The average Bonchev–Trinajstić information content (AvgIpc) is 3.14. The van der Waals surface area contributed by atoms with E-state index in [1.54, 1.807) is 25.1 Å². The highest BCUT2D eigenvalue weighted by molar-refractivity contribution is 6.24. The fraction of sp³-hybridized carbons (Fsp3) is 0.600. The van der Waals surface area contributed by atoms with Crippen LogP contribution in [0.3, 0.4) is 0 Å². The van der Waals surface area contributed by atoms with Crippen LogP contribution in [0.2, 0.25) is 0 Å². The molecule has 8 nitrogen and oxygen atoms in total. The van der Waals surface area contributed by atoms with Crippen LogP contribution in [0.25, 0.3) is 0 Å². The highest BCUT2D eigenvalue weighted by atomic mass is 16.2. The number of fused-ring (bicyclic) bond motifs is 1. The van der Waals surface area contributed by atoms with Crippen molar-refractivity contribution in [2.45, 2.75) is 76.3 Å². The number of carbonyl (C=O) groups excluding carboxylic acids is 4. The summed E-state index contributed by atoms with van der Waals surface area (Å²) in [5.41, 5.74) is 7.57. The fourth-order valence-corrected chi connectivity index (χ4v) is 6.73. The molecule has 176 valence electrons. The van der Waals surface area contributed by atoms with E-state index in [1.807, 2.05) is 6.07 Å². The second-order valence-corrected chi connectivity index (χ2v) is 10.5. The van der Waals surface area contributed by atoms with Crippen LogP contribution in [0.15, 0.2) is 12.1 Å². The summed E-state index contributed by atoms with van der Waals surface area (Å²) >= 11 is 0. The van der Waals surface area contributed by atoms with Crippen LogP contribution in [-0.2, 0) is 11.2 Å². The van der Waals surface area contributed by atoms with Crippen LogP contribution in [0.4, 0.5) is 10.5 Å². The van der Waals surface area contributed by atoms with Crippen molar-refractivity contribution in [3.63, 3.8) is 0 Å². The summed E-state index contributed by atoms with van der Waals surface area (Å²) in [5.74, 6) is -0.592. The second-order valence-electron chi connectivity index (χ2n) is 10.5. The van der Waals surface area contributed by atoms with Gasteiger partial charge in [0.25, 0.3) is 17.7 Å². The number of imide groups is 2. The molecule has 0 bridgehead atoms. The van der Waals surface area contributed by atoms with Crippen molar-refractivity contribution in [3.05, 3.63) is 28.8 Å². The van der Waals surface area contributed by atoms with E-state index < -0.39 is 5.54 Å². The molecule has 5 rings (SSSR count). The monoisotopic (exact) mass is 452 g/mol. The van der Waals surface area contributed by atoms with Gasteiger partial charge in [0, 0.05) is 25.8 Å². The molecule has 3 fully saturated rings. The molecule has 2 saturated carbocycles. The summed E-state index contributed by atoms with van der Waals surface area (Å²) in [7, 11) is 3.25. The quantitative estimate of drug-likeness (QED) is 0.429. The molecular weight excluding hydrogens is 420 g/mol. The third kappa shape index (κ3) is 2.88. The maximum absolute atomic E-state index is 13.4. The number of nitrogen functional groups attached to an aromatic ring is 1. The number of likely N-dealkylation sites (N-methyl/N-ethyl adjacent to an activating group) is 2. The molecule has 0 atom stereocenters. The number of aryl methyl sites for hydroxylation is 1. The molecule has 1 aromatic carbocycles. The van der Waals surface area contributed by atoms with Gasteiger partial charge < -0.3 is 10.6 Å². The predicted octanol–water partition coefficient (Wildman–Crippen LogP) is 3.19. The zero-order valence-corrected chi connectivity index (χ0v) is 19.6. The molecule has 1 aromatic rings. The van der Waals surface area contributed by atoms with E-state index in [-0.39, 0.29) is 35.2 Å². The Labute approximate surface area is 194 Å². The number of amides is 5. The Morgan fingerprint density at radius 2 is 1.64 bits per heavy atom. The molecule has 1 saturated heterocycles. The Morgan fingerprint density at radius 3 is 2.21 bits per heavy atom. The lowest BCUT2D eigenvalue weighted by molar-refractivity contribution is -0.148. The van der Waals surface area contributed by atoms with Crippen LogP contribution < -0.4 is 5.73 Å². The largest absolute Gasteiger partial charge is 0.398 e. The topological polar surface area (TPSA) is 104 Å². The first-order chi connectivity index (χ1) is 15.7. The van der Waals surface area contributed by atoms with E-state index in [4.69, 9.17) is 5.73 Å². The Bertz CT molecular complexity index is 1060. The molecule has 0 radical (unpaired) electrons. The number of urea groups is 1. The smallest absolute Gasteiger partial charge is 0.327 e. The molecular formula is C25H32N4O4. The van der Waals surface area contributed by atoms with Gasteiger partial charge in [-0.2, -0.15) is 0 Å². The summed E-state index contributed by atoms with van der Waals surface area (Å²) in [4.78, 5) is 56.0. The number of anilines is 1. The number of hydrogen-bond acceptors (Lipinski definition) is 5. The van der Waals surface area contributed by atoms with Gasteiger partial charge in [-0.1, -0.05) is 19.4 Å². The SMILES string of the molecule is CCCCc1ccc(N)c2c1C(=O)N(C1CCC3(CC1)CC1(C3)C(=O)N(C)C(=O)N1C)C2=O. The van der Waals surface area contributed by atoms with Crippen LogP contribution in [-0.4, -0.2) is 64.1 Å². The minimum Gasteiger partial charge on any atom is -0.398 e. The normalized spacial score (nSPS) is 31.2. The molecule has 2 N–H and O–H groups in total. The first-order valence-electron chi connectivity index (χ1n) is 12.0. The van der Waals surface area contributed by atoms with E-state index in [1.165, 1.54) is 9.80 Å². The van der Waals surface area contributed by atoms with Crippen molar-refractivity contribution in [1.82, 2.24) is 14.7 Å². The summed E-state index contributed by atoms with van der Waals surface area (Å²) in [6.45, 7) is 2.10. The predicted molar refractivity (Wildman–Crippen MR) is 123 cm³/mol. The molecule has 33 heavy (non-hydrogen) atoms. The van der Waals surface area contributed by atoms with Crippen LogP contribution in [0.5, 0.6) is 0 Å². The highest BCUT2D eigenvalue weighted by Gasteiger charge is 2.67. The third-order valence-corrected chi connectivity index (χ3v) is 8.62. The van der Waals surface area contributed by atoms with E-state index >= 15 is 0 Å². The van der Waals surface area contributed by atoms with Gasteiger partial charge in [-0.05, 0) is 68.4 Å². The Hall–Kier alpha value is -2.90. The van der Waals surface area contributed by atoms with Crippen molar-refractivity contribution in [1.29, 1.82) is 0 Å². The van der Waals surface area contributed by atoms with Crippen molar-refractivity contribution >= 4 is 29.4 Å². The Balaban J connectivity index is 1.31. The number of hydrogen-bond donors (Lipinski definition) is 1. The maximum atomic E-state index is 13.4. The minimum atomic E-state index is -0.711. The highest BCUT2D eigenvalue weighted by Crippen LogP contribution is 2.61. The number of nitrogens with two attached hydrogens (primary N) is 1. The van der Waals surface area contributed by atoms with E-state index in [0.29, 0.717) is 42.5 Å². The summed E-state index contributed by atoms with van der Waals surface area (Å²) in [5, 5.41) is 0. The van der Waals surface area contributed by atoms with Gasteiger partial charge >= 0.3 is 6.03 Å². The van der Waals surface area contributed by atoms with Gasteiger partial charge in [-0.15, -0.1) is 0 Å². The van der Waals surface area contributed by atoms with Gasteiger partial charge in [-0.25, -0.2) is 4.79 Å². The van der Waals surface area contributed by atoms with Crippen molar-refractivity contribution in [3.8, 4) is 0 Å². The number of carbonyl (C=O) groups is 4. The second kappa shape index (κ2) is 7.30. The molecule has 0 aromatic heterocycles. The maximum Gasteiger partial charge on any atom is 0.327 e. The number of unbranched alkanes of at least 4 members (excludes halogenated alkanes) is 1. The van der Waals surface area contributed by atoms with Crippen LogP contribution in [0, 0.1) is 5.41 Å². The standard InChI is InChI=1S/C25H32N4O4/c1-4-5-6-15-7-8-17(26)19-18(15)20(30)29(21(19)31)16-9-11-24(12-10-16)13-25(14-24)22(32)27(2)23(33)28(25)3/h7-8,16H,4-6,9-14,26H2,1-3H3. The summed E-state index contributed by atoms with van der Waals surface area (Å²) in [6, 6.07) is 3.23. The van der Waals surface area contributed by atoms with Crippen molar-refractivity contribution < 1.29 is 19.2 Å². The average molecular weight is 453 g/mol. The molecule has 2 aliphatic heterocycles. The molecule has 4 aliphatic rings. The van der Waals surface area contributed by atoms with E-state index in [0.717, 1.165) is 37.7 Å². The summed E-state index contributed by atoms with van der Waals surface area (Å²) in [6.07, 6.45) is 7.15. The lowest BCUT2D eigenvalue weighted by Gasteiger charge is -2.58. The third-order valence-electron chi connectivity index (χ3n) is 8.62. The van der Waals surface area contributed by atoms with Gasteiger partial charge in [0.15, 0.2) is 0 Å². The van der Waals surface area contributed by atoms with E-state index in [2.05, 4.69) is 6.92 Å². The lowest BCUT2D eigenvalue weighted by Crippen LogP contribution is -2.63. The Morgan fingerprint density at radius 1 is 1.00 bits per heavy atom. The minimum absolute atomic E-state index is 0.00410. The number of nitrogens with zero attached hydrogens (tertiary/aromatic N) is 3. The lowest BCUT2D eigenvalue weighted by atomic mass is 9.51. The van der Waals surface area contributed by atoms with Crippen LogP contribution >= 0.6 is 0 Å². The van der Waals surface area contributed by atoms with Crippen molar-refractivity contribution in [2.75, 3.05) is 19.8 Å². The molecule has 2 heterocycles. The first kappa shape index (κ1) is 21.9. The zero-order chi connectivity index (χ0) is 23.7. The fourth-order valence-electron chi connectivity index (χ4n) is 6.73. The number of rotatable bonds is 4. The molecule has 2 aliphatic carbocycles. The van der Waals surface area contributed by atoms with E-state index in [9.17, 15) is 19.2 Å². The summed E-state index contributed by atoms with van der Waals surface area (Å²) < 4.78 is 0. The van der Waals surface area contributed by atoms with Gasteiger partial charge in [0.1, 0.15) is 5.54 Å². The molecule has 8 heteroatoms. The molecule has 5 amide bonds. The number of benzene rings is 1. The van der Waals surface area contributed by atoms with Crippen molar-refractivity contribution in [2.24, 2.45) is 5.41 Å². The molecule has 0 unspecified atom stereocenters.